The number of nitrogens with zero attached hydrogens (tertiary/aromatic N) is 2. The van der Waals surface area contributed by atoms with Crippen molar-refractivity contribution in [1.82, 2.24) is 15.1 Å². The van der Waals surface area contributed by atoms with E-state index in [1.165, 1.54) is 0 Å². The minimum absolute atomic E-state index is 0.103. The third-order valence-electron chi connectivity index (χ3n) is 5.45. The zero-order valence-electron chi connectivity index (χ0n) is 19.8. The molecule has 0 bridgehead atoms. The molecule has 34 heavy (non-hydrogen) atoms. The van der Waals surface area contributed by atoms with Crippen LogP contribution in [0.25, 0.3) is 11.3 Å². The number of ether oxygens (including phenoxy) is 3. The first-order valence-electron chi connectivity index (χ1n) is 11.4. The predicted molar refractivity (Wildman–Crippen MR) is 132 cm³/mol. The molecule has 0 saturated heterocycles. The molecule has 1 aliphatic carbocycles. The summed E-state index contributed by atoms with van der Waals surface area (Å²) in [5, 5.41) is 10.9. The van der Waals surface area contributed by atoms with Gasteiger partial charge in [-0.15, -0.1) is 6.58 Å². The molecule has 4 rings (SSSR count). The fourth-order valence-corrected chi connectivity index (χ4v) is 4.06. The van der Waals surface area contributed by atoms with Crippen LogP contribution in [-0.4, -0.2) is 42.1 Å². The van der Waals surface area contributed by atoms with E-state index in [0.29, 0.717) is 37.7 Å². The number of fused-ring (bicyclic) bond motifs is 3. The molecule has 1 aromatic heterocycles. The van der Waals surface area contributed by atoms with Gasteiger partial charge in [0.15, 0.2) is 23.9 Å². The van der Waals surface area contributed by atoms with Gasteiger partial charge in [-0.3, -0.25) is 9.48 Å². The zero-order chi connectivity index (χ0) is 24.1. The van der Waals surface area contributed by atoms with E-state index in [2.05, 4.69) is 17.2 Å². The second-order valence-electron chi connectivity index (χ2n) is 7.83. The molecule has 1 heterocycles. The molecule has 0 aliphatic heterocycles. The summed E-state index contributed by atoms with van der Waals surface area (Å²) in [5.74, 6) is 2.54. The Bertz CT molecular complexity index is 1200. The van der Waals surface area contributed by atoms with Gasteiger partial charge in [0.2, 0.25) is 0 Å². The zero-order valence-corrected chi connectivity index (χ0v) is 19.8. The van der Waals surface area contributed by atoms with Gasteiger partial charge in [-0.05, 0) is 43.7 Å². The number of aromatic nitrogens is 2. The van der Waals surface area contributed by atoms with Crippen molar-refractivity contribution in [2.24, 2.45) is 7.05 Å². The summed E-state index contributed by atoms with van der Waals surface area (Å²) < 4.78 is 19.1. The number of carbonyl (C=O) groups is 1. The average Bonchev–Trinajstić information content (AvgIpc) is 3.33. The van der Waals surface area contributed by atoms with E-state index in [-0.39, 0.29) is 12.5 Å². The van der Waals surface area contributed by atoms with E-state index >= 15 is 0 Å². The van der Waals surface area contributed by atoms with Crippen molar-refractivity contribution in [2.45, 2.75) is 20.3 Å². The molecule has 3 aromatic rings. The molecule has 8 heteroatoms. The van der Waals surface area contributed by atoms with E-state index in [4.69, 9.17) is 19.3 Å². The molecule has 2 N–H and O–H groups in total. The lowest BCUT2D eigenvalue weighted by atomic mass is 10.1. The minimum Gasteiger partial charge on any atom is -0.494 e. The van der Waals surface area contributed by atoms with Crippen molar-refractivity contribution in [3.05, 3.63) is 60.2 Å². The minimum atomic E-state index is -0.218. The van der Waals surface area contributed by atoms with Crippen LogP contribution in [0.1, 0.15) is 25.0 Å². The summed E-state index contributed by atoms with van der Waals surface area (Å²) in [6.07, 6.45) is 2.34. The second kappa shape index (κ2) is 10.3. The number of anilines is 2. The number of hydrogen-bond acceptors (Lipinski definition) is 6. The Balaban J connectivity index is 1.61. The Labute approximate surface area is 199 Å². The van der Waals surface area contributed by atoms with Crippen LogP contribution >= 0.6 is 0 Å². The van der Waals surface area contributed by atoms with Crippen LogP contribution in [0, 0.1) is 0 Å². The molecule has 0 radical (unpaired) electrons. The van der Waals surface area contributed by atoms with Gasteiger partial charge in [0.05, 0.1) is 18.9 Å². The maximum absolute atomic E-state index is 12.0. The topological polar surface area (TPSA) is 86.6 Å². The van der Waals surface area contributed by atoms with Gasteiger partial charge >= 0.3 is 0 Å². The van der Waals surface area contributed by atoms with Gasteiger partial charge < -0.3 is 24.8 Å². The lowest BCUT2D eigenvalue weighted by Crippen LogP contribution is -2.28. The summed E-state index contributed by atoms with van der Waals surface area (Å²) in [4.78, 5) is 12.0. The Hall–Kier alpha value is -3.94. The van der Waals surface area contributed by atoms with Gasteiger partial charge in [-0.2, -0.15) is 5.10 Å². The van der Waals surface area contributed by atoms with Gasteiger partial charge in [0, 0.05) is 42.9 Å². The van der Waals surface area contributed by atoms with Crippen LogP contribution in [-0.2, 0) is 18.3 Å². The van der Waals surface area contributed by atoms with Crippen molar-refractivity contribution >= 4 is 17.4 Å². The normalized spacial score (nSPS) is 11.4. The molecule has 1 amide bonds. The average molecular weight is 463 g/mol. The van der Waals surface area contributed by atoms with Gasteiger partial charge in [0.1, 0.15) is 5.75 Å². The maximum Gasteiger partial charge on any atom is 0.258 e. The standard InChI is InChI=1S/C26H30N4O4/c1-5-11-27-24(31)16-34-23-15-20-17(13-22(23)33-7-3)12-21-25(20)30(4)29-26(21)28-18-9-8-10-19(14-18)32-6-2/h5,8-10,13-15H,1,6-7,11-12,16H2,2-4H3,(H,27,31)(H,28,29). The first kappa shape index (κ1) is 23.2. The van der Waals surface area contributed by atoms with E-state index in [1.54, 1.807) is 6.08 Å². The van der Waals surface area contributed by atoms with Crippen LogP contribution in [0.2, 0.25) is 0 Å². The Kier molecular flexibility index (Phi) is 7.06. The highest BCUT2D eigenvalue weighted by atomic mass is 16.5. The number of nitrogens with one attached hydrogen (secondary N) is 2. The number of benzene rings is 2. The molecular weight excluding hydrogens is 432 g/mol. The third kappa shape index (κ3) is 4.85. The number of amides is 1. The van der Waals surface area contributed by atoms with Crippen LogP contribution in [0.15, 0.2) is 49.1 Å². The fraction of sp³-hybridized carbons (Fsp3) is 0.308. The summed E-state index contributed by atoms with van der Waals surface area (Å²) in [5.41, 5.74) is 5.17. The van der Waals surface area contributed by atoms with Crippen LogP contribution in [0.4, 0.5) is 11.5 Å². The number of hydrogen-bond donors (Lipinski definition) is 2. The monoisotopic (exact) mass is 462 g/mol. The van der Waals surface area contributed by atoms with Gasteiger partial charge in [0.25, 0.3) is 5.91 Å². The van der Waals surface area contributed by atoms with Crippen LogP contribution in [0.5, 0.6) is 17.2 Å². The highest BCUT2D eigenvalue weighted by Crippen LogP contribution is 2.45. The van der Waals surface area contributed by atoms with Crippen molar-refractivity contribution in [3.8, 4) is 28.5 Å². The molecule has 2 aromatic carbocycles. The molecule has 8 nitrogen and oxygen atoms in total. The number of aryl methyl sites for hydroxylation is 1. The Morgan fingerprint density at radius 1 is 1.15 bits per heavy atom. The first-order valence-corrected chi connectivity index (χ1v) is 11.4. The van der Waals surface area contributed by atoms with Crippen molar-refractivity contribution < 1.29 is 19.0 Å². The van der Waals surface area contributed by atoms with Gasteiger partial charge in [-0.1, -0.05) is 12.1 Å². The van der Waals surface area contributed by atoms with E-state index < -0.39 is 0 Å². The van der Waals surface area contributed by atoms with Crippen molar-refractivity contribution in [3.63, 3.8) is 0 Å². The van der Waals surface area contributed by atoms with Crippen molar-refractivity contribution in [2.75, 3.05) is 31.7 Å². The van der Waals surface area contributed by atoms with Crippen LogP contribution < -0.4 is 24.8 Å². The number of carbonyl (C=O) groups excluding carboxylic acids is 1. The first-order chi connectivity index (χ1) is 16.5. The Morgan fingerprint density at radius 2 is 1.94 bits per heavy atom. The van der Waals surface area contributed by atoms with E-state index in [9.17, 15) is 4.79 Å². The largest absolute Gasteiger partial charge is 0.494 e. The molecule has 0 spiro atoms. The summed E-state index contributed by atoms with van der Waals surface area (Å²) in [6.45, 7) is 8.89. The lowest BCUT2D eigenvalue weighted by Gasteiger charge is -2.14. The molecule has 0 fully saturated rings. The van der Waals surface area contributed by atoms with Crippen molar-refractivity contribution in [1.29, 1.82) is 0 Å². The molecule has 0 unspecified atom stereocenters. The predicted octanol–water partition coefficient (Wildman–Crippen LogP) is 4.21. The number of rotatable bonds is 11. The SMILES string of the molecule is C=CCNC(=O)COc1cc2c(cc1OCC)Cc1c(Nc3cccc(OCC)c3)nn(C)c1-2. The molecule has 0 saturated carbocycles. The van der Waals surface area contributed by atoms with E-state index in [0.717, 1.165) is 39.6 Å². The molecule has 178 valence electrons. The molecular formula is C26H30N4O4. The third-order valence-corrected chi connectivity index (χ3v) is 5.45. The summed E-state index contributed by atoms with van der Waals surface area (Å²) >= 11 is 0. The highest BCUT2D eigenvalue weighted by Gasteiger charge is 2.29. The highest BCUT2D eigenvalue weighted by molar-refractivity contribution is 5.82. The molecule has 0 atom stereocenters. The molecule has 1 aliphatic rings. The Morgan fingerprint density at radius 3 is 2.71 bits per heavy atom. The lowest BCUT2D eigenvalue weighted by molar-refractivity contribution is -0.122. The summed E-state index contributed by atoms with van der Waals surface area (Å²) in [7, 11) is 1.93. The van der Waals surface area contributed by atoms with Gasteiger partial charge in [-0.25, -0.2) is 0 Å². The fourth-order valence-electron chi connectivity index (χ4n) is 4.06. The smallest absolute Gasteiger partial charge is 0.258 e. The maximum atomic E-state index is 12.0. The van der Waals surface area contributed by atoms with E-state index in [1.807, 2.05) is 62.0 Å². The van der Waals surface area contributed by atoms with Crippen LogP contribution in [0.3, 0.4) is 0 Å². The summed E-state index contributed by atoms with van der Waals surface area (Å²) in [6, 6.07) is 11.8. The quantitative estimate of drug-likeness (QED) is 0.325. The second-order valence-corrected chi connectivity index (χ2v) is 7.83.